The summed E-state index contributed by atoms with van der Waals surface area (Å²) in [6.45, 7) is 2.36. The first-order valence-corrected chi connectivity index (χ1v) is 7.85. The number of ether oxygens (including phenoxy) is 3. The van der Waals surface area contributed by atoms with Gasteiger partial charge in [-0.15, -0.1) is 0 Å². The molecular weight excluding hydrogens is 244 g/mol. The van der Waals surface area contributed by atoms with Crippen LogP contribution in [0.2, 0.25) is 0 Å². The lowest BCUT2D eigenvalue weighted by atomic mass is 9.58. The third-order valence-corrected chi connectivity index (χ3v) is 5.96. The van der Waals surface area contributed by atoms with Crippen LogP contribution in [0.5, 0.6) is 0 Å². The van der Waals surface area contributed by atoms with E-state index in [1.165, 1.54) is 0 Å². The zero-order chi connectivity index (χ0) is 13.0. The van der Waals surface area contributed by atoms with E-state index in [1.54, 1.807) is 0 Å². The van der Waals surface area contributed by atoms with Crippen molar-refractivity contribution < 1.29 is 19.3 Å². The molecule has 0 radical (unpaired) electrons. The zero-order valence-electron chi connectivity index (χ0n) is 11.5. The first kappa shape index (κ1) is 12.6. The maximum absolute atomic E-state index is 10.7. The summed E-state index contributed by atoms with van der Waals surface area (Å²) in [6, 6.07) is 0. The minimum atomic E-state index is -0.508. The van der Waals surface area contributed by atoms with E-state index in [4.69, 9.17) is 14.2 Å². The van der Waals surface area contributed by atoms with E-state index in [-0.39, 0.29) is 5.60 Å². The van der Waals surface area contributed by atoms with Crippen molar-refractivity contribution in [3.63, 3.8) is 0 Å². The SMILES string of the molecule is O[C@H]1CC[C@]2(CCCO2)[C@@]2(CCCO2)[C@@]12CCCO2. The third kappa shape index (κ3) is 1.39. The Morgan fingerprint density at radius 1 is 0.789 bits per heavy atom. The molecule has 4 aliphatic rings. The number of rotatable bonds is 0. The van der Waals surface area contributed by atoms with Crippen LogP contribution in [0.15, 0.2) is 0 Å². The summed E-state index contributed by atoms with van der Waals surface area (Å²) >= 11 is 0. The van der Waals surface area contributed by atoms with E-state index in [1.807, 2.05) is 0 Å². The van der Waals surface area contributed by atoms with Crippen molar-refractivity contribution in [1.29, 1.82) is 0 Å². The molecule has 1 saturated carbocycles. The Morgan fingerprint density at radius 3 is 2.16 bits per heavy atom. The summed E-state index contributed by atoms with van der Waals surface area (Å²) < 4.78 is 18.7. The maximum atomic E-state index is 10.7. The molecule has 108 valence electrons. The van der Waals surface area contributed by atoms with Gasteiger partial charge in [0, 0.05) is 19.8 Å². The fourth-order valence-corrected chi connectivity index (χ4v) is 5.25. The van der Waals surface area contributed by atoms with Crippen molar-refractivity contribution in [1.82, 2.24) is 0 Å². The molecular formula is C15H24O4. The summed E-state index contributed by atoms with van der Waals surface area (Å²) in [7, 11) is 0. The Bertz CT molecular complexity index is 349. The number of fused-ring (bicyclic) bond motifs is 2. The van der Waals surface area contributed by atoms with E-state index in [9.17, 15) is 5.11 Å². The lowest BCUT2D eigenvalue weighted by molar-refractivity contribution is -0.303. The Labute approximate surface area is 114 Å². The van der Waals surface area contributed by atoms with E-state index < -0.39 is 17.3 Å². The molecule has 3 spiro atoms. The fraction of sp³-hybridized carbons (Fsp3) is 1.00. The van der Waals surface area contributed by atoms with Crippen molar-refractivity contribution in [2.24, 2.45) is 0 Å². The van der Waals surface area contributed by atoms with Crippen LogP contribution in [0.25, 0.3) is 0 Å². The first-order valence-electron chi connectivity index (χ1n) is 7.85. The lowest BCUT2D eigenvalue weighted by Gasteiger charge is -2.59. The molecule has 3 saturated heterocycles. The smallest absolute Gasteiger partial charge is 0.128 e. The average molecular weight is 268 g/mol. The van der Waals surface area contributed by atoms with Gasteiger partial charge in [0.15, 0.2) is 0 Å². The van der Waals surface area contributed by atoms with Crippen molar-refractivity contribution >= 4 is 0 Å². The van der Waals surface area contributed by atoms with E-state index in [2.05, 4.69) is 0 Å². The largest absolute Gasteiger partial charge is 0.390 e. The third-order valence-electron chi connectivity index (χ3n) is 5.96. The lowest BCUT2D eigenvalue weighted by Crippen LogP contribution is -2.74. The highest BCUT2D eigenvalue weighted by Gasteiger charge is 2.72. The van der Waals surface area contributed by atoms with Crippen molar-refractivity contribution in [2.45, 2.75) is 74.3 Å². The Kier molecular flexibility index (Phi) is 2.76. The molecule has 0 aromatic carbocycles. The van der Waals surface area contributed by atoms with Gasteiger partial charge in [0.05, 0.1) is 6.10 Å². The molecule has 4 heteroatoms. The predicted molar refractivity (Wildman–Crippen MR) is 69.0 cm³/mol. The molecule has 0 amide bonds. The second-order valence-corrected chi connectivity index (χ2v) is 6.62. The second-order valence-electron chi connectivity index (χ2n) is 6.62. The number of aliphatic hydroxyl groups is 1. The van der Waals surface area contributed by atoms with E-state index in [0.29, 0.717) is 0 Å². The molecule has 4 atom stereocenters. The van der Waals surface area contributed by atoms with Crippen molar-refractivity contribution in [2.75, 3.05) is 19.8 Å². The molecule has 4 nitrogen and oxygen atoms in total. The molecule has 0 aromatic rings. The van der Waals surface area contributed by atoms with Gasteiger partial charge in [0.25, 0.3) is 0 Å². The van der Waals surface area contributed by atoms with Crippen LogP contribution in [0, 0.1) is 0 Å². The number of aliphatic hydroxyl groups excluding tert-OH is 1. The second kappa shape index (κ2) is 4.17. The van der Waals surface area contributed by atoms with E-state index >= 15 is 0 Å². The van der Waals surface area contributed by atoms with Crippen LogP contribution in [0.1, 0.15) is 51.4 Å². The molecule has 3 aliphatic heterocycles. The van der Waals surface area contributed by atoms with Gasteiger partial charge in [-0.3, -0.25) is 0 Å². The van der Waals surface area contributed by atoms with Gasteiger partial charge in [0.2, 0.25) is 0 Å². The quantitative estimate of drug-likeness (QED) is 0.727. The van der Waals surface area contributed by atoms with Crippen LogP contribution in [0.4, 0.5) is 0 Å². The minimum Gasteiger partial charge on any atom is -0.390 e. The highest BCUT2D eigenvalue weighted by Crippen LogP contribution is 2.60. The predicted octanol–water partition coefficient (Wildman–Crippen LogP) is 1.79. The zero-order valence-corrected chi connectivity index (χ0v) is 11.5. The summed E-state index contributed by atoms with van der Waals surface area (Å²) in [4.78, 5) is 0. The summed E-state index contributed by atoms with van der Waals surface area (Å²) in [5.74, 6) is 0. The summed E-state index contributed by atoms with van der Waals surface area (Å²) in [5.41, 5.74) is -1.11. The van der Waals surface area contributed by atoms with Gasteiger partial charge < -0.3 is 19.3 Å². The number of hydrogen-bond donors (Lipinski definition) is 1. The topological polar surface area (TPSA) is 47.9 Å². The van der Waals surface area contributed by atoms with Crippen LogP contribution >= 0.6 is 0 Å². The van der Waals surface area contributed by atoms with Crippen LogP contribution in [-0.2, 0) is 14.2 Å². The maximum Gasteiger partial charge on any atom is 0.128 e. The Hall–Kier alpha value is -0.160. The highest BCUT2D eigenvalue weighted by atomic mass is 16.6. The van der Waals surface area contributed by atoms with Crippen LogP contribution in [0.3, 0.4) is 0 Å². The molecule has 0 unspecified atom stereocenters. The Morgan fingerprint density at radius 2 is 1.53 bits per heavy atom. The fourth-order valence-electron chi connectivity index (χ4n) is 5.25. The molecule has 3 heterocycles. The molecule has 1 N–H and O–H groups in total. The van der Waals surface area contributed by atoms with Crippen molar-refractivity contribution in [3.8, 4) is 0 Å². The van der Waals surface area contributed by atoms with Crippen LogP contribution in [-0.4, -0.2) is 47.8 Å². The van der Waals surface area contributed by atoms with Gasteiger partial charge >= 0.3 is 0 Å². The molecule has 0 aromatic heterocycles. The molecule has 1 aliphatic carbocycles. The van der Waals surface area contributed by atoms with Gasteiger partial charge in [-0.25, -0.2) is 0 Å². The van der Waals surface area contributed by atoms with Crippen LogP contribution < -0.4 is 0 Å². The standard InChI is InChI=1S/C15H24O4/c16-12-4-8-13(5-1-9-17-13)15(7-3-11-19-15)14(12)6-2-10-18-14/h12,16H,1-11H2/t12-,13+,14+,15-/m0/s1. The Balaban J connectivity index is 1.83. The van der Waals surface area contributed by atoms with E-state index in [0.717, 1.165) is 71.2 Å². The van der Waals surface area contributed by atoms with Gasteiger partial charge in [-0.05, 0) is 51.4 Å². The number of hydrogen-bond acceptors (Lipinski definition) is 4. The van der Waals surface area contributed by atoms with Gasteiger partial charge in [-0.2, -0.15) is 0 Å². The minimum absolute atomic E-state index is 0.201. The molecule has 4 rings (SSSR count). The normalized spacial score (nSPS) is 53.8. The first-order chi connectivity index (χ1) is 9.25. The molecule has 19 heavy (non-hydrogen) atoms. The van der Waals surface area contributed by atoms with Crippen molar-refractivity contribution in [3.05, 3.63) is 0 Å². The highest BCUT2D eigenvalue weighted by molar-refractivity contribution is 5.23. The summed E-state index contributed by atoms with van der Waals surface area (Å²) in [5, 5.41) is 10.7. The molecule has 0 bridgehead atoms. The summed E-state index contributed by atoms with van der Waals surface area (Å²) in [6.07, 6.45) is 7.44. The average Bonchev–Trinajstić information content (AvgIpc) is 3.13. The van der Waals surface area contributed by atoms with Gasteiger partial charge in [-0.1, -0.05) is 0 Å². The molecule has 4 fully saturated rings. The van der Waals surface area contributed by atoms with Gasteiger partial charge in [0.1, 0.15) is 16.8 Å². The monoisotopic (exact) mass is 268 g/mol.